The van der Waals surface area contributed by atoms with Crippen molar-refractivity contribution in [3.8, 4) is 22.3 Å². The van der Waals surface area contributed by atoms with Gasteiger partial charge >= 0.3 is 0 Å². The zero-order valence-electron chi connectivity index (χ0n) is 27.1. The van der Waals surface area contributed by atoms with Gasteiger partial charge in [-0.3, -0.25) is 4.98 Å². The van der Waals surface area contributed by atoms with Gasteiger partial charge in [-0.15, -0.1) is 0 Å². The van der Waals surface area contributed by atoms with Crippen LogP contribution in [0.3, 0.4) is 0 Å². The first-order chi connectivity index (χ1) is 24.8. The molecule has 0 saturated heterocycles. The predicted octanol–water partition coefficient (Wildman–Crippen LogP) is 13.2. The standard InChI is InChI=1S/C47H30N2O/c1-2-12-34-28-36(22-21-31(34)10-1)35-15-7-16-39(29-35)49(38-25-23-33(24-26-38)41-19-8-14-32-11-3-5-17-40(32)41)46-42-18-6-4-13-37(42)30-43-45-44(50-47(43)46)20-9-27-48-45/h1-30H. The van der Waals surface area contributed by atoms with E-state index in [2.05, 4.69) is 169 Å². The Bertz CT molecular complexity index is 2880. The summed E-state index contributed by atoms with van der Waals surface area (Å²) in [5, 5.41) is 8.17. The third-order valence-electron chi connectivity index (χ3n) is 9.85. The topological polar surface area (TPSA) is 29.3 Å². The van der Waals surface area contributed by atoms with Crippen molar-refractivity contribution < 1.29 is 4.42 Å². The second kappa shape index (κ2) is 11.5. The number of pyridine rings is 1. The molecule has 0 amide bonds. The van der Waals surface area contributed by atoms with Gasteiger partial charge < -0.3 is 9.32 Å². The lowest BCUT2D eigenvalue weighted by atomic mass is 9.97. The molecular formula is C47H30N2O. The molecule has 2 aromatic heterocycles. The number of fused-ring (bicyclic) bond motifs is 6. The summed E-state index contributed by atoms with van der Waals surface area (Å²) < 4.78 is 6.72. The van der Waals surface area contributed by atoms with E-state index in [4.69, 9.17) is 9.40 Å². The Morgan fingerprint density at radius 2 is 1.12 bits per heavy atom. The van der Waals surface area contributed by atoms with Crippen LogP contribution in [0.5, 0.6) is 0 Å². The minimum atomic E-state index is 0.773. The summed E-state index contributed by atoms with van der Waals surface area (Å²) in [6, 6.07) is 62.8. The molecule has 0 unspecified atom stereocenters. The number of benzene rings is 8. The van der Waals surface area contributed by atoms with E-state index in [-0.39, 0.29) is 0 Å². The van der Waals surface area contributed by atoms with E-state index in [1.54, 1.807) is 0 Å². The van der Waals surface area contributed by atoms with Crippen LogP contribution in [0.2, 0.25) is 0 Å². The molecule has 10 aromatic rings. The number of hydrogen-bond acceptors (Lipinski definition) is 3. The minimum absolute atomic E-state index is 0.773. The van der Waals surface area contributed by atoms with Gasteiger partial charge in [0.05, 0.1) is 5.69 Å². The van der Waals surface area contributed by atoms with Crippen molar-refractivity contribution in [2.45, 2.75) is 0 Å². The van der Waals surface area contributed by atoms with Crippen LogP contribution in [-0.4, -0.2) is 4.98 Å². The Morgan fingerprint density at radius 3 is 2.00 bits per heavy atom. The van der Waals surface area contributed by atoms with E-state index in [1.807, 2.05) is 18.3 Å². The molecule has 0 N–H and O–H groups in total. The third kappa shape index (κ3) is 4.63. The van der Waals surface area contributed by atoms with Crippen LogP contribution in [0, 0.1) is 0 Å². The first-order valence-electron chi connectivity index (χ1n) is 17.0. The number of aromatic nitrogens is 1. The molecular weight excluding hydrogens is 609 g/mol. The molecule has 0 aliphatic carbocycles. The monoisotopic (exact) mass is 638 g/mol. The Labute approximate surface area is 289 Å². The van der Waals surface area contributed by atoms with E-state index in [0.29, 0.717) is 0 Å². The molecule has 3 nitrogen and oxygen atoms in total. The Hall–Kier alpha value is -6.71. The van der Waals surface area contributed by atoms with Crippen LogP contribution in [-0.2, 0) is 0 Å². The third-order valence-corrected chi connectivity index (χ3v) is 9.85. The smallest absolute Gasteiger partial charge is 0.161 e. The highest BCUT2D eigenvalue weighted by Crippen LogP contribution is 2.47. The summed E-state index contributed by atoms with van der Waals surface area (Å²) >= 11 is 0. The Kier molecular flexibility index (Phi) is 6.49. The molecule has 0 saturated carbocycles. The molecule has 8 aromatic carbocycles. The van der Waals surface area contributed by atoms with Gasteiger partial charge in [0.2, 0.25) is 0 Å². The van der Waals surface area contributed by atoms with Gasteiger partial charge in [0.15, 0.2) is 11.2 Å². The Morgan fingerprint density at radius 1 is 0.420 bits per heavy atom. The van der Waals surface area contributed by atoms with Gasteiger partial charge in [-0.2, -0.15) is 0 Å². The highest BCUT2D eigenvalue weighted by Gasteiger charge is 2.23. The van der Waals surface area contributed by atoms with Crippen molar-refractivity contribution in [3.05, 3.63) is 182 Å². The molecule has 234 valence electrons. The van der Waals surface area contributed by atoms with Crippen molar-refractivity contribution in [1.82, 2.24) is 4.98 Å². The molecule has 0 bridgehead atoms. The van der Waals surface area contributed by atoms with Gasteiger partial charge in [0.25, 0.3) is 0 Å². The number of anilines is 3. The molecule has 0 atom stereocenters. The minimum Gasteiger partial charge on any atom is -0.452 e. The maximum absolute atomic E-state index is 6.72. The van der Waals surface area contributed by atoms with Crippen molar-refractivity contribution in [2.75, 3.05) is 4.90 Å². The largest absolute Gasteiger partial charge is 0.452 e. The maximum Gasteiger partial charge on any atom is 0.161 e. The molecule has 0 fully saturated rings. The van der Waals surface area contributed by atoms with Crippen molar-refractivity contribution >= 4 is 71.4 Å². The average Bonchev–Trinajstić information content (AvgIpc) is 3.56. The summed E-state index contributed by atoms with van der Waals surface area (Å²) in [6.07, 6.45) is 1.84. The zero-order valence-corrected chi connectivity index (χ0v) is 27.1. The maximum atomic E-state index is 6.72. The fourth-order valence-electron chi connectivity index (χ4n) is 7.46. The first kappa shape index (κ1) is 28.3. The zero-order chi connectivity index (χ0) is 33.0. The highest BCUT2D eigenvalue weighted by atomic mass is 16.3. The molecule has 0 radical (unpaired) electrons. The molecule has 0 spiro atoms. The summed E-state index contributed by atoms with van der Waals surface area (Å²) in [7, 11) is 0. The SMILES string of the molecule is c1cc(-c2ccc3ccccc3c2)cc(N(c2ccc(-c3cccc4ccccc34)cc2)c2c3ccccc3cc3c2oc2cccnc23)c1. The van der Waals surface area contributed by atoms with Crippen LogP contribution < -0.4 is 4.90 Å². The van der Waals surface area contributed by atoms with Crippen molar-refractivity contribution in [1.29, 1.82) is 0 Å². The van der Waals surface area contributed by atoms with Crippen molar-refractivity contribution in [2.24, 2.45) is 0 Å². The van der Waals surface area contributed by atoms with E-state index in [0.717, 1.165) is 55.5 Å². The fraction of sp³-hybridized carbons (Fsp3) is 0. The Balaban J connectivity index is 1.22. The van der Waals surface area contributed by atoms with Crippen LogP contribution in [0.15, 0.2) is 187 Å². The number of hydrogen-bond donors (Lipinski definition) is 0. The molecule has 50 heavy (non-hydrogen) atoms. The van der Waals surface area contributed by atoms with Crippen LogP contribution in [0.25, 0.3) is 76.6 Å². The van der Waals surface area contributed by atoms with Crippen molar-refractivity contribution in [3.63, 3.8) is 0 Å². The number of rotatable bonds is 5. The number of furan rings is 1. The molecule has 0 aliphatic rings. The van der Waals surface area contributed by atoms with Gasteiger partial charge in [0.1, 0.15) is 5.52 Å². The molecule has 0 aliphatic heterocycles. The molecule has 2 heterocycles. The average molecular weight is 639 g/mol. The van der Waals surface area contributed by atoms with Crippen LogP contribution >= 0.6 is 0 Å². The normalized spacial score (nSPS) is 11.6. The predicted molar refractivity (Wildman–Crippen MR) is 210 cm³/mol. The fourth-order valence-corrected chi connectivity index (χ4v) is 7.46. The summed E-state index contributed by atoms with van der Waals surface area (Å²) in [5.41, 5.74) is 10.2. The van der Waals surface area contributed by atoms with Gasteiger partial charge in [0, 0.05) is 28.3 Å². The lowest BCUT2D eigenvalue weighted by Crippen LogP contribution is -2.11. The van der Waals surface area contributed by atoms with Crippen LogP contribution in [0.1, 0.15) is 0 Å². The summed E-state index contributed by atoms with van der Waals surface area (Å²) in [5.74, 6) is 0. The van der Waals surface area contributed by atoms with E-state index < -0.39 is 0 Å². The second-order valence-corrected chi connectivity index (χ2v) is 12.8. The van der Waals surface area contributed by atoms with E-state index >= 15 is 0 Å². The van der Waals surface area contributed by atoms with E-state index in [9.17, 15) is 0 Å². The number of nitrogens with zero attached hydrogens (tertiary/aromatic N) is 2. The van der Waals surface area contributed by atoms with Crippen LogP contribution in [0.4, 0.5) is 17.1 Å². The summed E-state index contributed by atoms with van der Waals surface area (Å²) in [4.78, 5) is 7.11. The lowest BCUT2D eigenvalue weighted by Gasteiger charge is -2.27. The second-order valence-electron chi connectivity index (χ2n) is 12.8. The van der Waals surface area contributed by atoms with Gasteiger partial charge in [-0.05, 0) is 97.7 Å². The lowest BCUT2D eigenvalue weighted by molar-refractivity contribution is 0.669. The summed E-state index contributed by atoms with van der Waals surface area (Å²) in [6.45, 7) is 0. The van der Waals surface area contributed by atoms with Gasteiger partial charge in [-0.1, -0.05) is 127 Å². The highest BCUT2D eigenvalue weighted by molar-refractivity contribution is 6.18. The van der Waals surface area contributed by atoms with Gasteiger partial charge in [-0.25, -0.2) is 0 Å². The van der Waals surface area contributed by atoms with E-state index in [1.165, 1.54) is 38.2 Å². The molecule has 10 rings (SSSR count). The quantitative estimate of drug-likeness (QED) is 0.188. The molecule has 3 heteroatoms. The first-order valence-corrected chi connectivity index (χ1v) is 17.0.